The number of rotatable bonds is 4. The van der Waals surface area contributed by atoms with Crippen molar-refractivity contribution < 1.29 is 8.42 Å². The van der Waals surface area contributed by atoms with E-state index in [1.165, 1.54) is 18.6 Å². The zero-order chi connectivity index (χ0) is 10.6. The molecule has 1 aromatic heterocycles. The van der Waals surface area contributed by atoms with Crippen LogP contribution < -0.4 is 11.1 Å². The molecule has 6 nitrogen and oxygen atoms in total. The SMILES string of the molecule is CS(=O)(=O)CCNc1cncc(N)n1. The van der Waals surface area contributed by atoms with Crippen molar-refractivity contribution in [3.63, 3.8) is 0 Å². The lowest BCUT2D eigenvalue weighted by molar-refractivity contribution is 0.602. The molecule has 0 aliphatic heterocycles. The third-order valence-corrected chi connectivity index (χ3v) is 2.38. The van der Waals surface area contributed by atoms with E-state index in [9.17, 15) is 8.42 Å². The van der Waals surface area contributed by atoms with Crippen LogP contribution in [0.1, 0.15) is 0 Å². The molecular weight excluding hydrogens is 204 g/mol. The first-order chi connectivity index (χ1) is 6.47. The Morgan fingerprint density at radius 2 is 2.21 bits per heavy atom. The zero-order valence-corrected chi connectivity index (χ0v) is 8.58. The Kier molecular flexibility index (Phi) is 3.23. The standard InChI is InChI=1S/C7H12N4O2S/c1-14(12,13)3-2-10-7-5-9-4-6(8)11-7/h4-5H,2-3H2,1H3,(H3,8,10,11). The number of aromatic nitrogens is 2. The molecular formula is C7H12N4O2S. The molecule has 14 heavy (non-hydrogen) atoms. The van der Waals surface area contributed by atoms with Crippen LogP contribution in [-0.4, -0.2) is 36.9 Å². The molecule has 0 fully saturated rings. The Morgan fingerprint density at radius 3 is 2.79 bits per heavy atom. The molecule has 1 rings (SSSR count). The van der Waals surface area contributed by atoms with Gasteiger partial charge in [-0.2, -0.15) is 0 Å². The Balaban J connectivity index is 2.47. The van der Waals surface area contributed by atoms with Crippen molar-refractivity contribution in [1.29, 1.82) is 0 Å². The Morgan fingerprint density at radius 1 is 1.50 bits per heavy atom. The Labute approximate surface area is 82.5 Å². The number of hydrogen-bond donors (Lipinski definition) is 2. The maximum atomic E-state index is 10.8. The van der Waals surface area contributed by atoms with E-state index < -0.39 is 9.84 Å². The number of nitrogens with zero attached hydrogens (tertiary/aromatic N) is 2. The number of sulfone groups is 1. The molecule has 0 saturated carbocycles. The highest BCUT2D eigenvalue weighted by atomic mass is 32.2. The molecule has 0 saturated heterocycles. The number of anilines is 2. The largest absolute Gasteiger partial charge is 0.382 e. The number of nitrogens with two attached hydrogens (primary N) is 1. The number of nitrogens with one attached hydrogen (secondary N) is 1. The molecule has 0 spiro atoms. The van der Waals surface area contributed by atoms with Crippen LogP contribution in [0.5, 0.6) is 0 Å². The van der Waals surface area contributed by atoms with Gasteiger partial charge in [-0.1, -0.05) is 0 Å². The monoisotopic (exact) mass is 216 g/mol. The smallest absolute Gasteiger partial charge is 0.149 e. The van der Waals surface area contributed by atoms with E-state index >= 15 is 0 Å². The first-order valence-corrected chi connectivity index (χ1v) is 6.02. The van der Waals surface area contributed by atoms with Crippen molar-refractivity contribution in [3.05, 3.63) is 12.4 Å². The lowest BCUT2D eigenvalue weighted by Gasteiger charge is -2.03. The summed E-state index contributed by atoms with van der Waals surface area (Å²) >= 11 is 0. The fraction of sp³-hybridized carbons (Fsp3) is 0.429. The quantitative estimate of drug-likeness (QED) is 0.705. The molecule has 0 unspecified atom stereocenters. The molecule has 1 aromatic rings. The van der Waals surface area contributed by atoms with Crippen LogP contribution in [0.15, 0.2) is 12.4 Å². The van der Waals surface area contributed by atoms with Crippen LogP contribution in [0.3, 0.4) is 0 Å². The van der Waals surface area contributed by atoms with Crippen molar-refractivity contribution in [2.24, 2.45) is 0 Å². The molecule has 78 valence electrons. The summed E-state index contributed by atoms with van der Waals surface area (Å²) in [5.41, 5.74) is 5.38. The second kappa shape index (κ2) is 4.23. The molecule has 0 radical (unpaired) electrons. The number of nitrogen functional groups attached to an aromatic ring is 1. The van der Waals surface area contributed by atoms with Crippen LogP contribution in [0.4, 0.5) is 11.6 Å². The van der Waals surface area contributed by atoms with Gasteiger partial charge in [-0.15, -0.1) is 0 Å². The summed E-state index contributed by atoms with van der Waals surface area (Å²) in [7, 11) is -2.95. The predicted molar refractivity (Wildman–Crippen MR) is 54.6 cm³/mol. The van der Waals surface area contributed by atoms with Gasteiger partial charge in [-0.05, 0) is 0 Å². The third-order valence-electron chi connectivity index (χ3n) is 1.43. The molecule has 7 heteroatoms. The van der Waals surface area contributed by atoms with Crippen LogP contribution in [-0.2, 0) is 9.84 Å². The van der Waals surface area contributed by atoms with E-state index in [1.807, 2.05) is 0 Å². The van der Waals surface area contributed by atoms with Crippen molar-refractivity contribution >= 4 is 21.5 Å². The van der Waals surface area contributed by atoms with Crippen molar-refractivity contribution in [3.8, 4) is 0 Å². The Bertz CT molecular complexity index is 404. The molecule has 0 aromatic carbocycles. The minimum Gasteiger partial charge on any atom is -0.382 e. The minimum atomic E-state index is -2.95. The van der Waals surface area contributed by atoms with E-state index in [-0.39, 0.29) is 5.75 Å². The molecule has 0 aliphatic carbocycles. The molecule has 1 heterocycles. The average Bonchev–Trinajstić information content (AvgIpc) is 2.01. The lowest BCUT2D eigenvalue weighted by atomic mass is 10.6. The van der Waals surface area contributed by atoms with Gasteiger partial charge in [0, 0.05) is 12.8 Å². The summed E-state index contributed by atoms with van der Waals surface area (Å²) in [6.07, 6.45) is 4.08. The summed E-state index contributed by atoms with van der Waals surface area (Å²) in [5.74, 6) is 0.840. The fourth-order valence-electron chi connectivity index (χ4n) is 0.831. The van der Waals surface area contributed by atoms with Gasteiger partial charge < -0.3 is 11.1 Å². The van der Waals surface area contributed by atoms with Gasteiger partial charge in [0.15, 0.2) is 0 Å². The van der Waals surface area contributed by atoms with Gasteiger partial charge >= 0.3 is 0 Å². The van der Waals surface area contributed by atoms with Gasteiger partial charge in [0.2, 0.25) is 0 Å². The zero-order valence-electron chi connectivity index (χ0n) is 7.77. The topological polar surface area (TPSA) is 98.0 Å². The van der Waals surface area contributed by atoms with Crippen molar-refractivity contribution in [2.75, 3.05) is 29.6 Å². The lowest BCUT2D eigenvalue weighted by Crippen LogP contribution is -2.15. The number of hydrogen-bond acceptors (Lipinski definition) is 6. The average molecular weight is 216 g/mol. The minimum absolute atomic E-state index is 0.0590. The highest BCUT2D eigenvalue weighted by Gasteiger charge is 2.01. The van der Waals surface area contributed by atoms with Crippen molar-refractivity contribution in [2.45, 2.75) is 0 Å². The molecule has 0 atom stereocenters. The van der Waals surface area contributed by atoms with Crippen LogP contribution in [0.2, 0.25) is 0 Å². The van der Waals surface area contributed by atoms with Gasteiger partial charge in [-0.3, -0.25) is 4.98 Å². The second-order valence-corrected chi connectivity index (χ2v) is 5.15. The van der Waals surface area contributed by atoms with Gasteiger partial charge in [-0.25, -0.2) is 13.4 Å². The maximum absolute atomic E-state index is 10.8. The molecule has 3 N–H and O–H groups in total. The predicted octanol–water partition coefficient (Wildman–Crippen LogP) is -0.485. The summed E-state index contributed by atoms with van der Waals surface area (Å²) < 4.78 is 21.6. The van der Waals surface area contributed by atoms with E-state index in [1.54, 1.807) is 0 Å². The van der Waals surface area contributed by atoms with Crippen LogP contribution in [0.25, 0.3) is 0 Å². The van der Waals surface area contributed by atoms with Crippen LogP contribution >= 0.6 is 0 Å². The highest BCUT2D eigenvalue weighted by molar-refractivity contribution is 7.90. The second-order valence-electron chi connectivity index (χ2n) is 2.89. The first-order valence-electron chi connectivity index (χ1n) is 3.96. The van der Waals surface area contributed by atoms with Gasteiger partial charge in [0.05, 0.1) is 18.1 Å². The summed E-state index contributed by atoms with van der Waals surface area (Å²) in [6, 6.07) is 0. The molecule has 0 aliphatic rings. The van der Waals surface area contributed by atoms with E-state index in [4.69, 9.17) is 5.73 Å². The summed E-state index contributed by atoms with van der Waals surface area (Å²) in [5, 5.41) is 2.81. The van der Waals surface area contributed by atoms with Gasteiger partial charge in [0.25, 0.3) is 0 Å². The fourth-order valence-corrected chi connectivity index (χ4v) is 1.30. The first kappa shape index (κ1) is 10.7. The molecule has 0 amide bonds. The normalized spacial score (nSPS) is 11.2. The summed E-state index contributed by atoms with van der Waals surface area (Å²) in [6.45, 7) is 0.303. The van der Waals surface area contributed by atoms with Crippen LogP contribution in [0, 0.1) is 0 Å². The maximum Gasteiger partial charge on any atom is 0.149 e. The Hall–Kier alpha value is -1.37. The van der Waals surface area contributed by atoms with Gasteiger partial charge in [0.1, 0.15) is 21.5 Å². The van der Waals surface area contributed by atoms with E-state index in [2.05, 4.69) is 15.3 Å². The van der Waals surface area contributed by atoms with Crippen molar-refractivity contribution in [1.82, 2.24) is 9.97 Å². The molecule has 0 bridgehead atoms. The summed E-state index contributed by atoms with van der Waals surface area (Å²) in [4.78, 5) is 7.70. The highest BCUT2D eigenvalue weighted by Crippen LogP contribution is 2.01. The third kappa shape index (κ3) is 4.04. The van der Waals surface area contributed by atoms with E-state index in [0.29, 0.717) is 18.2 Å². The van der Waals surface area contributed by atoms with E-state index in [0.717, 1.165) is 0 Å².